The minimum Gasteiger partial charge on any atom is -0.462 e. The summed E-state index contributed by atoms with van der Waals surface area (Å²) in [5.74, 6) is -2.64. The molecule has 1 heterocycles. The third-order valence-electron chi connectivity index (χ3n) is 6.64. The van der Waals surface area contributed by atoms with Gasteiger partial charge < -0.3 is 18.6 Å². The van der Waals surface area contributed by atoms with Crippen LogP contribution in [-0.4, -0.2) is 51.8 Å². The molecule has 1 atom stereocenters. The highest BCUT2D eigenvalue weighted by atomic mass is 32.2. The second kappa shape index (κ2) is 13.4. The number of ether oxygens (including phenoxy) is 2. The van der Waals surface area contributed by atoms with Crippen molar-refractivity contribution in [2.45, 2.75) is 38.0 Å². The summed E-state index contributed by atoms with van der Waals surface area (Å²) in [5.41, 5.74) is 1.99. The Hall–Kier alpha value is -4.51. The molecule has 0 bridgehead atoms. The van der Waals surface area contributed by atoms with Crippen LogP contribution in [0.15, 0.2) is 77.7 Å². The van der Waals surface area contributed by atoms with E-state index in [0.717, 1.165) is 18.4 Å². The summed E-state index contributed by atoms with van der Waals surface area (Å²) < 4.78 is 40.5. The first-order valence-electron chi connectivity index (χ1n) is 13.5. The van der Waals surface area contributed by atoms with E-state index in [1.807, 2.05) is 13.8 Å². The van der Waals surface area contributed by atoms with E-state index < -0.39 is 40.4 Å². The van der Waals surface area contributed by atoms with Gasteiger partial charge in [0.05, 0.1) is 18.1 Å². The molecule has 1 fully saturated rings. The van der Waals surface area contributed by atoms with E-state index in [0.29, 0.717) is 17.9 Å². The quantitative estimate of drug-likeness (QED) is 0.129. The van der Waals surface area contributed by atoms with Gasteiger partial charge in [-0.2, -0.15) is 8.42 Å². The zero-order chi connectivity index (χ0) is 30.3. The number of anilines is 1. The number of carbonyl (C=O) groups excluding carboxylic acids is 4. The smallest absolute Gasteiger partial charge is 0.339 e. The first-order chi connectivity index (χ1) is 20.1. The second-order valence-corrected chi connectivity index (χ2v) is 11.4. The Morgan fingerprint density at radius 2 is 1.52 bits per heavy atom. The second-order valence-electron chi connectivity index (χ2n) is 9.85. The molecule has 1 aliphatic rings. The summed E-state index contributed by atoms with van der Waals surface area (Å²) in [6.07, 6.45) is 1.61. The standard InChI is InChI=1S/C31H31NO9S/c1-3-4-17-39-30(35)23-7-11-25(12-8-23)32-19-24(18-29(32)34)31(36)40-20-28(33)22-9-13-26(14-10-22)41-42(37,38)27-15-5-21(2)6-16-27/h5-16,24H,3-4,17-20H2,1-2H3/t24-/m1/s1. The number of ketones is 1. The number of nitrogens with zero attached hydrogens (tertiary/aromatic N) is 1. The van der Waals surface area contributed by atoms with Crippen LogP contribution in [0.3, 0.4) is 0 Å². The first-order valence-corrected chi connectivity index (χ1v) is 14.9. The van der Waals surface area contributed by atoms with Crippen LogP contribution in [0.2, 0.25) is 0 Å². The largest absolute Gasteiger partial charge is 0.462 e. The topological polar surface area (TPSA) is 133 Å². The van der Waals surface area contributed by atoms with Gasteiger partial charge in [0.1, 0.15) is 10.6 Å². The Balaban J connectivity index is 1.28. The number of carbonyl (C=O) groups is 4. The zero-order valence-corrected chi connectivity index (χ0v) is 24.1. The molecule has 4 rings (SSSR count). The number of hydrogen-bond donors (Lipinski definition) is 0. The Bertz CT molecular complexity index is 1550. The third-order valence-corrected chi connectivity index (χ3v) is 7.90. The molecule has 0 aromatic heterocycles. The maximum absolute atomic E-state index is 12.6. The van der Waals surface area contributed by atoms with E-state index in [1.165, 1.54) is 41.3 Å². The van der Waals surface area contributed by atoms with E-state index in [9.17, 15) is 27.6 Å². The van der Waals surface area contributed by atoms with Gasteiger partial charge in [0.25, 0.3) is 0 Å². The fraction of sp³-hybridized carbons (Fsp3) is 0.290. The highest BCUT2D eigenvalue weighted by Gasteiger charge is 2.36. The monoisotopic (exact) mass is 593 g/mol. The van der Waals surface area contributed by atoms with Gasteiger partial charge in [-0.3, -0.25) is 14.4 Å². The van der Waals surface area contributed by atoms with Crippen LogP contribution >= 0.6 is 0 Å². The van der Waals surface area contributed by atoms with Crippen molar-refractivity contribution in [3.05, 3.63) is 89.5 Å². The highest BCUT2D eigenvalue weighted by molar-refractivity contribution is 7.87. The minimum atomic E-state index is -4.04. The molecule has 0 saturated carbocycles. The molecule has 42 heavy (non-hydrogen) atoms. The van der Waals surface area contributed by atoms with Crippen molar-refractivity contribution < 1.29 is 41.3 Å². The number of esters is 2. The van der Waals surface area contributed by atoms with Gasteiger partial charge in [-0.05, 0) is 74.0 Å². The predicted molar refractivity (Wildman–Crippen MR) is 153 cm³/mol. The lowest BCUT2D eigenvalue weighted by atomic mass is 10.1. The number of Topliss-reactive ketones (excluding diaryl/α,β-unsaturated/α-hetero) is 1. The average molecular weight is 594 g/mol. The minimum absolute atomic E-state index is 0.00338. The van der Waals surface area contributed by atoms with Crippen LogP contribution in [-0.2, 0) is 29.2 Å². The van der Waals surface area contributed by atoms with Gasteiger partial charge in [-0.15, -0.1) is 0 Å². The van der Waals surface area contributed by atoms with Crippen molar-refractivity contribution in [2.24, 2.45) is 5.92 Å². The van der Waals surface area contributed by atoms with Crippen molar-refractivity contribution in [2.75, 3.05) is 24.7 Å². The molecular weight excluding hydrogens is 562 g/mol. The summed E-state index contributed by atoms with van der Waals surface area (Å²) in [7, 11) is -4.04. The maximum atomic E-state index is 12.6. The average Bonchev–Trinajstić information content (AvgIpc) is 3.38. The number of benzene rings is 3. The lowest BCUT2D eigenvalue weighted by Gasteiger charge is -2.17. The van der Waals surface area contributed by atoms with Crippen LogP contribution < -0.4 is 9.08 Å². The fourth-order valence-corrected chi connectivity index (χ4v) is 5.13. The van der Waals surface area contributed by atoms with Crippen LogP contribution in [0.1, 0.15) is 52.5 Å². The molecule has 0 radical (unpaired) electrons. The molecule has 0 N–H and O–H groups in total. The van der Waals surface area contributed by atoms with E-state index >= 15 is 0 Å². The normalized spacial score (nSPS) is 14.9. The number of hydrogen-bond acceptors (Lipinski definition) is 9. The molecule has 1 aliphatic heterocycles. The molecule has 11 heteroatoms. The van der Waals surface area contributed by atoms with Gasteiger partial charge in [0.2, 0.25) is 5.91 Å². The molecule has 3 aromatic rings. The SMILES string of the molecule is CCCCOC(=O)c1ccc(N2C[C@H](C(=O)OCC(=O)c3ccc(OS(=O)(=O)c4ccc(C)cc4)cc3)CC2=O)cc1. The van der Waals surface area contributed by atoms with Gasteiger partial charge in [-0.1, -0.05) is 31.0 Å². The number of rotatable bonds is 12. The van der Waals surface area contributed by atoms with Crippen molar-refractivity contribution in [3.8, 4) is 5.75 Å². The lowest BCUT2D eigenvalue weighted by molar-refractivity contribution is -0.147. The summed E-state index contributed by atoms with van der Waals surface area (Å²) in [4.78, 5) is 51.3. The fourth-order valence-electron chi connectivity index (χ4n) is 4.20. The Morgan fingerprint density at radius 1 is 0.881 bits per heavy atom. The molecule has 0 aliphatic carbocycles. The van der Waals surface area contributed by atoms with Crippen LogP contribution in [0, 0.1) is 12.8 Å². The molecule has 0 unspecified atom stereocenters. The lowest BCUT2D eigenvalue weighted by Crippen LogP contribution is -2.27. The molecule has 3 aromatic carbocycles. The Labute approximate surface area is 244 Å². The van der Waals surface area contributed by atoms with Crippen LogP contribution in [0.5, 0.6) is 5.75 Å². The number of amides is 1. The Kier molecular flexibility index (Phi) is 9.74. The molecule has 10 nitrogen and oxygen atoms in total. The predicted octanol–water partition coefficient (Wildman–Crippen LogP) is 4.50. The van der Waals surface area contributed by atoms with Gasteiger partial charge in [-0.25, -0.2) is 4.79 Å². The van der Waals surface area contributed by atoms with E-state index in [2.05, 4.69) is 0 Å². The van der Waals surface area contributed by atoms with Crippen molar-refractivity contribution in [1.29, 1.82) is 0 Å². The molecule has 220 valence electrons. The van der Waals surface area contributed by atoms with Crippen molar-refractivity contribution in [1.82, 2.24) is 0 Å². The molecule has 1 saturated heterocycles. The number of aryl methyl sites for hydroxylation is 1. The first kappa shape index (κ1) is 30.4. The van der Waals surface area contributed by atoms with Crippen LogP contribution in [0.4, 0.5) is 5.69 Å². The van der Waals surface area contributed by atoms with Gasteiger partial charge in [0, 0.05) is 24.2 Å². The van der Waals surface area contributed by atoms with Crippen molar-refractivity contribution in [3.63, 3.8) is 0 Å². The highest BCUT2D eigenvalue weighted by Crippen LogP contribution is 2.27. The summed E-state index contributed by atoms with van der Waals surface area (Å²) in [6.45, 7) is 3.71. The Morgan fingerprint density at radius 3 is 2.17 bits per heavy atom. The molecular formula is C31H31NO9S. The van der Waals surface area contributed by atoms with Gasteiger partial charge >= 0.3 is 22.1 Å². The van der Waals surface area contributed by atoms with Crippen molar-refractivity contribution >= 4 is 39.4 Å². The van der Waals surface area contributed by atoms with E-state index in [4.69, 9.17) is 13.7 Å². The third kappa shape index (κ3) is 7.61. The molecule has 0 spiro atoms. The maximum Gasteiger partial charge on any atom is 0.339 e. The summed E-state index contributed by atoms with van der Waals surface area (Å²) in [6, 6.07) is 18.0. The van der Waals surface area contributed by atoms with Gasteiger partial charge in [0.15, 0.2) is 12.4 Å². The number of unbranched alkanes of at least 4 members (excludes halogenated alkanes) is 1. The van der Waals surface area contributed by atoms with Crippen LogP contribution in [0.25, 0.3) is 0 Å². The van der Waals surface area contributed by atoms with E-state index in [1.54, 1.807) is 36.4 Å². The zero-order valence-electron chi connectivity index (χ0n) is 23.3. The summed E-state index contributed by atoms with van der Waals surface area (Å²) >= 11 is 0. The van der Waals surface area contributed by atoms with E-state index in [-0.39, 0.29) is 35.1 Å². The summed E-state index contributed by atoms with van der Waals surface area (Å²) in [5, 5.41) is 0. The molecule has 1 amide bonds.